The summed E-state index contributed by atoms with van der Waals surface area (Å²) in [6.45, 7) is 1.26. The van der Waals surface area contributed by atoms with Crippen molar-refractivity contribution in [1.29, 1.82) is 5.26 Å². The van der Waals surface area contributed by atoms with Crippen LogP contribution in [-0.2, 0) is 16.0 Å². The van der Waals surface area contributed by atoms with Crippen LogP contribution in [0.4, 0.5) is 0 Å². The normalized spacial score (nSPS) is 13.4. The summed E-state index contributed by atoms with van der Waals surface area (Å²) in [5.74, 6) is -1.83. The van der Waals surface area contributed by atoms with E-state index in [-0.39, 0.29) is 23.3 Å². The second kappa shape index (κ2) is 6.32. The summed E-state index contributed by atoms with van der Waals surface area (Å²) in [6, 6.07) is 6.39. The molecule has 1 aromatic rings. The Bertz CT molecular complexity index is 550. The molecule has 0 aromatic heterocycles. The van der Waals surface area contributed by atoms with Gasteiger partial charge in [-0.15, -0.1) is 11.6 Å². The van der Waals surface area contributed by atoms with Gasteiger partial charge in [0.25, 0.3) is 0 Å². The summed E-state index contributed by atoms with van der Waals surface area (Å²) in [5, 5.41) is 26.2. The molecule has 19 heavy (non-hydrogen) atoms. The van der Waals surface area contributed by atoms with Crippen molar-refractivity contribution in [2.75, 3.05) is 0 Å². The third-order valence-corrected chi connectivity index (χ3v) is 3.16. The molecule has 2 N–H and O–H groups in total. The number of carboxylic acid groups (broad SMARTS) is 1. The number of rotatable bonds is 5. The van der Waals surface area contributed by atoms with Gasteiger partial charge in [-0.2, -0.15) is 5.26 Å². The first-order valence-corrected chi connectivity index (χ1v) is 5.87. The summed E-state index contributed by atoms with van der Waals surface area (Å²) in [4.78, 5) is 22.3. The Morgan fingerprint density at radius 1 is 1.47 bits per heavy atom. The monoisotopic (exact) mass is 281 g/mol. The average Bonchev–Trinajstić information content (AvgIpc) is 2.37. The molecule has 6 heteroatoms. The number of Topliss-reactive ketones (excluding diaryl/α,β-unsaturated/α-hetero) is 1. The maximum absolute atomic E-state index is 11.4. The molecule has 2 unspecified atom stereocenters. The fourth-order valence-electron chi connectivity index (χ4n) is 1.76. The van der Waals surface area contributed by atoms with E-state index in [1.54, 1.807) is 6.07 Å². The van der Waals surface area contributed by atoms with Crippen LogP contribution >= 0.6 is 11.6 Å². The predicted molar refractivity (Wildman–Crippen MR) is 67.6 cm³/mol. The molecule has 0 amide bonds. The number of nitrogens with zero attached hydrogens (tertiary/aromatic N) is 1. The van der Waals surface area contributed by atoms with Gasteiger partial charge in [0.2, 0.25) is 0 Å². The fourth-order valence-corrected chi connectivity index (χ4v) is 2.02. The summed E-state index contributed by atoms with van der Waals surface area (Å²) in [5.41, 5.74) is 0.680. The van der Waals surface area contributed by atoms with Crippen LogP contribution in [0.2, 0.25) is 0 Å². The van der Waals surface area contributed by atoms with Gasteiger partial charge in [-0.05, 0) is 23.6 Å². The quantitative estimate of drug-likeness (QED) is 0.801. The van der Waals surface area contributed by atoms with Gasteiger partial charge in [-0.1, -0.05) is 18.2 Å². The number of halogens is 1. The molecule has 0 radical (unpaired) electrons. The Morgan fingerprint density at radius 3 is 2.58 bits per heavy atom. The molecule has 0 saturated carbocycles. The minimum absolute atomic E-state index is 0.0218. The van der Waals surface area contributed by atoms with Crippen molar-refractivity contribution in [1.82, 2.24) is 0 Å². The highest BCUT2D eigenvalue weighted by molar-refractivity contribution is 6.31. The fraction of sp³-hybridized carbons (Fsp3) is 0.308. The van der Waals surface area contributed by atoms with Crippen LogP contribution in [0.15, 0.2) is 18.2 Å². The second-order valence-electron chi connectivity index (χ2n) is 3.97. The molecule has 0 spiro atoms. The Balaban J connectivity index is 3.46. The smallest absolute Gasteiger partial charge is 0.337 e. The molecule has 0 heterocycles. The predicted octanol–water partition coefficient (Wildman–Crippen LogP) is 1.74. The summed E-state index contributed by atoms with van der Waals surface area (Å²) < 4.78 is 0. The minimum Gasteiger partial charge on any atom is -0.479 e. The lowest BCUT2D eigenvalue weighted by Crippen LogP contribution is -2.16. The van der Waals surface area contributed by atoms with Crippen molar-refractivity contribution in [3.8, 4) is 6.07 Å². The van der Waals surface area contributed by atoms with E-state index in [0.717, 1.165) is 0 Å². The van der Waals surface area contributed by atoms with Crippen LogP contribution in [0, 0.1) is 11.3 Å². The van der Waals surface area contributed by atoms with Crippen LogP contribution < -0.4 is 0 Å². The molecular formula is C13H12ClNO4. The van der Waals surface area contributed by atoms with Gasteiger partial charge in [0.15, 0.2) is 11.9 Å². The number of carbonyl (C=O) groups excluding carboxylic acids is 1. The number of aliphatic carboxylic acids is 1. The maximum Gasteiger partial charge on any atom is 0.337 e. The number of hydrogen-bond acceptors (Lipinski definition) is 4. The van der Waals surface area contributed by atoms with E-state index >= 15 is 0 Å². The van der Waals surface area contributed by atoms with Crippen molar-refractivity contribution < 1.29 is 19.8 Å². The number of nitriles is 1. The van der Waals surface area contributed by atoms with Crippen molar-refractivity contribution in [2.45, 2.75) is 24.8 Å². The van der Waals surface area contributed by atoms with Crippen LogP contribution in [0.3, 0.4) is 0 Å². The standard InChI is InChI=1S/C13H12ClNO4/c1-7(16)11(14)10-8(5-6-15)3-2-4-9(10)12(17)13(18)19/h2-4,11-12,17H,5H2,1H3,(H,18,19). The molecule has 0 saturated heterocycles. The Labute approximate surface area is 115 Å². The SMILES string of the molecule is CC(=O)C(Cl)c1c(CC#N)cccc1C(O)C(=O)O. The third-order valence-electron chi connectivity index (χ3n) is 2.64. The summed E-state index contributed by atoms with van der Waals surface area (Å²) in [7, 11) is 0. The third kappa shape index (κ3) is 3.31. The summed E-state index contributed by atoms with van der Waals surface area (Å²) >= 11 is 5.97. The van der Waals surface area contributed by atoms with Gasteiger partial charge in [0, 0.05) is 0 Å². The lowest BCUT2D eigenvalue weighted by molar-refractivity contribution is -0.147. The van der Waals surface area contributed by atoms with Gasteiger partial charge >= 0.3 is 5.97 Å². The van der Waals surface area contributed by atoms with Gasteiger partial charge in [0.1, 0.15) is 5.38 Å². The molecule has 0 bridgehead atoms. The molecule has 0 fully saturated rings. The van der Waals surface area contributed by atoms with Crippen molar-refractivity contribution >= 4 is 23.4 Å². The lowest BCUT2D eigenvalue weighted by atomic mass is 9.92. The molecule has 100 valence electrons. The highest BCUT2D eigenvalue weighted by Crippen LogP contribution is 2.32. The Morgan fingerprint density at radius 2 is 2.11 bits per heavy atom. The molecule has 2 atom stereocenters. The van der Waals surface area contributed by atoms with E-state index in [2.05, 4.69) is 0 Å². The number of benzene rings is 1. The number of carbonyl (C=O) groups is 2. The number of aliphatic hydroxyl groups excluding tert-OH is 1. The van der Waals surface area contributed by atoms with Crippen LogP contribution in [0.1, 0.15) is 35.1 Å². The van der Waals surface area contributed by atoms with Crippen molar-refractivity contribution in [3.05, 3.63) is 34.9 Å². The topological polar surface area (TPSA) is 98.4 Å². The maximum atomic E-state index is 11.4. The number of ketones is 1. The lowest BCUT2D eigenvalue weighted by Gasteiger charge is -2.18. The molecular weight excluding hydrogens is 270 g/mol. The van der Waals surface area contributed by atoms with E-state index in [1.807, 2.05) is 6.07 Å². The zero-order valence-corrected chi connectivity index (χ0v) is 10.9. The van der Waals surface area contributed by atoms with Crippen LogP contribution in [0.25, 0.3) is 0 Å². The molecule has 1 rings (SSSR count). The van der Waals surface area contributed by atoms with Gasteiger partial charge in [-0.25, -0.2) is 4.79 Å². The zero-order valence-electron chi connectivity index (χ0n) is 10.1. The second-order valence-corrected chi connectivity index (χ2v) is 4.41. The molecule has 5 nitrogen and oxygen atoms in total. The van der Waals surface area contributed by atoms with E-state index in [9.17, 15) is 14.7 Å². The van der Waals surface area contributed by atoms with Gasteiger partial charge < -0.3 is 10.2 Å². The van der Waals surface area contributed by atoms with Crippen LogP contribution in [-0.4, -0.2) is 22.0 Å². The largest absolute Gasteiger partial charge is 0.479 e. The van der Waals surface area contributed by atoms with E-state index in [1.165, 1.54) is 19.1 Å². The Kier molecular flexibility index (Phi) is 5.04. The first kappa shape index (κ1) is 15.2. The average molecular weight is 282 g/mol. The number of alkyl halides is 1. The van der Waals surface area contributed by atoms with Gasteiger partial charge in [-0.3, -0.25) is 4.79 Å². The van der Waals surface area contributed by atoms with Gasteiger partial charge in [0.05, 0.1) is 12.5 Å². The van der Waals surface area contributed by atoms with E-state index < -0.39 is 17.5 Å². The summed E-state index contributed by atoms with van der Waals surface area (Å²) in [6.07, 6.45) is -1.80. The number of hydrogen-bond donors (Lipinski definition) is 2. The molecule has 0 aliphatic rings. The highest BCUT2D eigenvalue weighted by atomic mass is 35.5. The van der Waals surface area contributed by atoms with E-state index in [4.69, 9.17) is 22.0 Å². The minimum atomic E-state index is -1.78. The Hall–Kier alpha value is -1.90. The zero-order chi connectivity index (χ0) is 14.6. The number of carboxylic acids is 1. The van der Waals surface area contributed by atoms with E-state index in [0.29, 0.717) is 5.56 Å². The van der Waals surface area contributed by atoms with Crippen LogP contribution in [0.5, 0.6) is 0 Å². The highest BCUT2D eigenvalue weighted by Gasteiger charge is 2.27. The molecule has 0 aliphatic heterocycles. The first-order valence-electron chi connectivity index (χ1n) is 5.44. The first-order chi connectivity index (χ1) is 8.90. The number of aliphatic hydroxyl groups is 1. The van der Waals surface area contributed by atoms with Crippen molar-refractivity contribution in [3.63, 3.8) is 0 Å². The van der Waals surface area contributed by atoms with Crippen molar-refractivity contribution in [2.24, 2.45) is 0 Å². The molecule has 1 aromatic carbocycles. The molecule has 0 aliphatic carbocycles.